The Morgan fingerprint density at radius 3 is 2.34 bits per heavy atom. The zero-order valence-electron chi connectivity index (χ0n) is 23.6. The molecule has 44 heavy (non-hydrogen) atoms. The van der Waals surface area contributed by atoms with Crippen LogP contribution in [0, 0.1) is 11.7 Å². The lowest BCUT2D eigenvalue weighted by molar-refractivity contribution is 0.0732. The van der Waals surface area contributed by atoms with Crippen molar-refractivity contribution in [1.82, 2.24) is 9.88 Å². The Hall–Kier alpha value is -3.09. The second-order valence-electron chi connectivity index (χ2n) is 11.5. The van der Waals surface area contributed by atoms with Crippen LogP contribution in [0.3, 0.4) is 0 Å². The van der Waals surface area contributed by atoms with Gasteiger partial charge in [-0.05, 0) is 61.9 Å². The van der Waals surface area contributed by atoms with Gasteiger partial charge in [0.15, 0.2) is 17.0 Å². The summed E-state index contributed by atoms with van der Waals surface area (Å²) in [4.78, 5) is 66.7. The second kappa shape index (κ2) is 11.4. The highest BCUT2D eigenvalue weighted by Crippen LogP contribution is 2.69. The fourth-order valence-electron chi connectivity index (χ4n) is 6.40. The molecule has 1 aliphatic carbocycles. The Bertz CT molecular complexity index is 1750. The van der Waals surface area contributed by atoms with E-state index in [1.165, 1.54) is 13.3 Å². The average molecular weight is 652 g/mol. The SMILES string of the molecule is COc1c(N2CC3CCCNC3C2)c(F)cc2c(=O)c(C(=O)Oc3ccc(C(P(=O)(O)O)P(=O)(O)O)cc3)cn(C3CC3)c12. The molecule has 0 amide bonds. The number of hydrogen-bond acceptors (Lipinski definition) is 8. The number of aromatic nitrogens is 1. The lowest BCUT2D eigenvalue weighted by Crippen LogP contribution is -2.40. The molecule has 3 heterocycles. The molecule has 236 valence electrons. The lowest BCUT2D eigenvalue weighted by atomic mass is 9.94. The minimum atomic E-state index is -5.24. The van der Waals surface area contributed by atoms with Gasteiger partial charge in [0.05, 0.1) is 18.0 Å². The van der Waals surface area contributed by atoms with Gasteiger partial charge in [0.1, 0.15) is 17.0 Å². The van der Waals surface area contributed by atoms with Gasteiger partial charge in [0.2, 0.25) is 5.43 Å². The van der Waals surface area contributed by atoms with Crippen molar-refractivity contribution in [3.05, 3.63) is 63.7 Å². The fourth-order valence-corrected chi connectivity index (χ4v) is 9.09. The van der Waals surface area contributed by atoms with Crippen molar-refractivity contribution in [1.29, 1.82) is 0 Å². The van der Waals surface area contributed by atoms with E-state index in [0.29, 0.717) is 24.5 Å². The molecule has 3 aromatic rings. The highest BCUT2D eigenvalue weighted by atomic mass is 31.2. The third kappa shape index (κ3) is 5.72. The molecule has 3 fully saturated rings. The van der Waals surface area contributed by atoms with Gasteiger partial charge in [-0.2, -0.15) is 0 Å². The van der Waals surface area contributed by atoms with E-state index < -0.39 is 37.8 Å². The van der Waals surface area contributed by atoms with Crippen LogP contribution < -0.4 is 25.1 Å². The number of esters is 1. The van der Waals surface area contributed by atoms with Gasteiger partial charge in [-0.25, -0.2) is 9.18 Å². The monoisotopic (exact) mass is 651 g/mol. The largest absolute Gasteiger partial charge is 0.492 e. The maximum atomic E-state index is 15.9. The molecule has 1 aromatic heterocycles. The molecule has 3 aliphatic rings. The summed E-state index contributed by atoms with van der Waals surface area (Å²) < 4.78 is 52.2. The number of piperidine rings is 1. The Morgan fingerprint density at radius 2 is 1.75 bits per heavy atom. The highest BCUT2D eigenvalue weighted by molar-refractivity contribution is 7.70. The molecular formula is C28H32FN3O10P2. The second-order valence-corrected chi connectivity index (χ2v) is 15.3. The number of hydrogen-bond donors (Lipinski definition) is 5. The van der Waals surface area contributed by atoms with Gasteiger partial charge in [-0.15, -0.1) is 0 Å². The quantitative estimate of drug-likeness (QED) is 0.136. The normalized spacial score (nSPS) is 20.7. The molecule has 2 atom stereocenters. The average Bonchev–Trinajstić information content (AvgIpc) is 3.70. The molecule has 13 nitrogen and oxygen atoms in total. The number of carbonyl (C=O) groups is 1. The molecule has 2 aromatic carbocycles. The summed E-state index contributed by atoms with van der Waals surface area (Å²) >= 11 is 0. The van der Waals surface area contributed by atoms with Gasteiger partial charge in [0.25, 0.3) is 0 Å². The first-order chi connectivity index (χ1) is 20.8. The Balaban J connectivity index is 1.36. The molecular weight excluding hydrogens is 619 g/mol. The topological polar surface area (TPSA) is 188 Å². The zero-order chi connectivity index (χ0) is 31.6. The predicted octanol–water partition coefficient (Wildman–Crippen LogP) is 3.25. The van der Waals surface area contributed by atoms with E-state index in [1.54, 1.807) is 4.57 Å². The van der Waals surface area contributed by atoms with E-state index in [9.17, 15) is 38.3 Å². The van der Waals surface area contributed by atoms with E-state index in [2.05, 4.69) is 5.32 Å². The lowest BCUT2D eigenvalue weighted by Gasteiger charge is -2.25. The first-order valence-corrected chi connectivity index (χ1v) is 17.5. The Labute approximate surface area is 250 Å². The molecule has 2 unspecified atom stereocenters. The van der Waals surface area contributed by atoms with Crippen LogP contribution in [0.2, 0.25) is 0 Å². The van der Waals surface area contributed by atoms with E-state index in [1.807, 2.05) is 4.90 Å². The first-order valence-electron chi connectivity index (χ1n) is 14.1. The van der Waals surface area contributed by atoms with Crippen LogP contribution in [-0.2, 0) is 9.13 Å². The van der Waals surface area contributed by atoms with Crippen LogP contribution in [0.1, 0.15) is 53.0 Å². The van der Waals surface area contributed by atoms with Gasteiger partial charge < -0.3 is 43.8 Å². The summed E-state index contributed by atoms with van der Waals surface area (Å²) in [5.41, 5.74) is -0.811. The maximum absolute atomic E-state index is 15.9. The van der Waals surface area contributed by atoms with Crippen molar-refractivity contribution in [2.24, 2.45) is 5.92 Å². The third-order valence-electron chi connectivity index (χ3n) is 8.50. The zero-order valence-corrected chi connectivity index (χ0v) is 25.4. The molecule has 0 bridgehead atoms. The molecule has 2 saturated heterocycles. The number of ether oxygens (including phenoxy) is 2. The number of carbonyl (C=O) groups excluding carboxylic acids is 1. The molecule has 16 heteroatoms. The number of benzene rings is 2. The van der Waals surface area contributed by atoms with Crippen molar-refractivity contribution in [3.8, 4) is 11.5 Å². The van der Waals surface area contributed by atoms with Gasteiger partial charge in [-0.1, -0.05) is 12.1 Å². The summed E-state index contributed by atoms with van der Waals surface area (Å²) in [6, 6.07) is 5.56. The van der Waals surface area contributed by atoms with E-state index >= 15 is 4.39 Å². The molecule has 6 rings (SSSR count). The van der Waals surface area contributed by atoms with Crippen molar-refractivity contribution >= 4 is 37.8 Å². The number of nitrogens with zero attached hydrogens (tertiary/aromatic N) is 2. The van der Waals surface area contributed by atoms with Gasteiger partial charge >= 0.3 is 21.2 Å². The van der Waals surface area contributed by atoms with Gasteiger partial charge in [-0.3, -0.25) is 13.9 Å². The molecule has 1 saturated carbocycles. The maximum Gasteiger partial charge on any atom is 0.349 e. The Kier molecular flexibility index (Phi) is 7.99. The highest BCUT2D eigenvalue weighted by Gasteiger charge is 2.44. The van der Waals surface area contributed by atoms with Crippen molar-refractivity contribution in [2.75, 3.05) is 31.6 Å². The third-order valence-corrected chi connectivity index (χ3v) is 12.2. The summed E-state index contributed by atoms with van der Waals surface area (Å²) in [7, 11) is -9.05. The number of fused-ring (bicyclic) bond motifs is 2. The standard InChI is InChI=1S/C28H32FN3O10P2/c1-41-26-23-19(11-21(29)24(26)31-12-16-3-2-10-30-22(16)14-31)25(33)20(13-32(23)17-6-7-17)27(34)42-18-8-4-15(5-9-18)28(43(35,36)37)44(38,39)40/h4-5,8-9,11,13,16-17,22,28,30H,2-3,6-7,10,12,14H2,1H3,(H2,35,36,37)(H2,38,39,40). The van der Waals surface area contributed by atoms with Crippen LogP contribution in [0.4, 0.5) is 10.1 Å². The summed E-state index contributed by atoms with van der Waals surface area (Å²) in [6.07, 6.45) is 5.04. The summed E-state index contributed by atoms with van der Waals surface area (Å²) in [6.45, 7) is 2.16. The van der Waals surface area contributed by atoms with E-state index in [0.717, 1.165) is 62.6 Å². The molecule has 0 radical (unpaired) electrons. The smallest absolute Gasteiger partial charge is 0.349 e. The van der Waals surface area contributed by atoms with Gasteiger partial charge in [0, 0.05) is 31.4 Å². The van der Waals surface area contributed by atoms with Crippen molar-refractivity contribution in [3.63, 3.8) is 0 Å². The van der Waals surface area contributed by atoms with Crippen LogP contribution in [0.5, 0.6) is 11.5 Å². The number of halogens is 1. The minimum absolute atomic E-state index is 0.0410. The molecule has 2 aliphatic heterocycles. The number of anilines is 1. The fraction of sp³-hybridized carbons (Fsp3) is 0.429. The first kappa shape index (κ1) is 30.9. The molecule has 5 N–H and O–H groups in total. The minimum Gasteiger partial charge on any atom is -0.492 e. The van der Waals surface area contributed by atoms with Crippen LogP contribution in [-0.4, -0.2) is 62.9 Å². The summed E-state index contributed by atoms with van der Waals surface area (Å²) in [5, 5.41) is 1.08. The van der Waals surface area contributed by atoms with Crippen LogP contribution in [0.25, 0.3) is 10.9 Å². The number of pyridine rings is 1. The summed E-state index contributed by atoms with van der Waals surface area (Å²) in [5.74, 6) is -1.24. The van der Waals surface area contributed by atoms with Crippen molar-refractivity contribution < 1.29 is 47.4 Å². The Morgan fingerprint density at radius 1 is 1.07 bits per heavy atom. The van der Waals surface area contributed by atoms with Crippen molar-refractivity contribution in [2.45, 2.75) is 43.2 Å². The van der Waals surface area contributed by atoms with E-state index in [-0.39, 0.29) is 45.8 Å². The number of nitrogens with one attached hydrogen (secondary N) is 1. The predicted molar refractivity (Wildman–Crippen MR) is 158 cm³/mol. The number of rotatable bonds is 8. The van der Waals surface area contributed by atoms with Crippen LogP contribution in [0.15, 0.2) is 41.3 Å². The van der Waals surface area contributed by atoms with Crippen LogP contribution >= 0.6 is 15.2 Å². The molecule has 0 spiro atoms. The number of methoxy groups -OCH3 is 1. The van der Waals surface area contributed by atoms with E-state index in [4.69, 9.17) is 9.47 Å².